The zero-order valence-electron chi connectivity index (χ0n) is 20.2. The van der Waals surface area contributed by atoms with Crippen LogP contribution >= 0.6 is 0 Å². The highest BCUT2D eigenvalue weighted by Crippen LogP contribution is 2.24. The number of halogens is 1. The van der Waals surface area contributed by atoms with Gasteiger partial charge in [0.1, 0.15) is 17.8 Å². The van der Waals surface area contributed by atoms with Crippen LogP contribution in [0.3, 0.4) is 0 Å². The number of rotatable bonds is 7. The molecule has 2 saturated heterocycles. The molecular weight excluding hydrogens is 445 g/mol. The number of aliphatic hydroxyl groups excluding tert-OH is 1. The molecule has 34 heavy (non-hydrogen) atoms. The van der Waals surface area contributed by atoms with E-state index in [0.717, 1.165) is 25.8 Å². The predicted octanol–water partition coefficient (Wildman–Crippen LogP) is 2.10. The summed E-state index contributed by atoms with van der Waals surface area (Å²) in [6.45, 7) is 7.02. The second kappa shape index (κ2) is 11.1. The summed E-state index contributed by atoms with van der Waals surface area (Å²) in [5, 5.41) is 12.9. The van der Waals surface area contributed by atoms with Crippen LogP contribution in [0, 0.1) is 0 Å². The largest absolute Gasteiger partial charge is 0.444 e. The molecule has 2 aliphatic rings. The number of aliphatic hydroxyl groups is 1. The number of nitrogens with zero attached hydrogens (tertiary/aromatic N) is 4. The second-order valence-electron chi connectivity index (χ2n) is 9.62. The van der Waals surface area contributed by atoms with Crippen LogP contribution in [0.2, 0.25) is 0 Å². The van der Waals surface area contributed by atoms with Crippen molar-refractivity contribution < 1.29 is 28.6 Å². The number of likely N-dealkylation sites (N-methyl/N-ethyl adjacent to an activating group) is 1. The summed E-state index contributed by atoms with van der Waals surface area (Å²) in [6.07, 6.45) is 3.04. The molecule has 1 aromatic heterocycles. The van der Waals surface area contributed by atoms with Crippen molar-refractivity contribution in [3.05, 3.63) is 29.9 Å². The Labute approximate surface area is 199 Å². The smallest absolute Gasteiger partial charge is 0.407 e. The van der Waals surface area contributed by atoms with Gasteiger partial charge in [0.05, 0.1) is 12.4 Å². The van der Waals surface area contributed by atoms with Gasteiger partial charge in [0.15, 0.2) is 0 Å². The van der Waals surface area contributed by atoms with E-state index in [2.05, 4.69) is 15.3 Å². The fourth-order valence-electron chi connectivity index (χ4n) is 3.87. The van der Waals surface area contributed by atoms with Crippen molar-refractivity contribution in [1.29, 1.82) is 0 Å². The van der Waals surface area contributed by atoms with E-state index in [1.54, 1.807) is 32.7 Å². The van der Waals surface area contributed by atoms with Gasteiger partial charge in [0.25, 0.3) is 5.91 Å². The third-order valence-corrected chi connectivity index (χ3v) is 5.76. The number of aromatic nitrogens is 2. The zero-order valence-corrected chi connectivity index (χ0v) is 20.2. The molecule has 2 fully saturated rings. The molecule has 3 rings (SSSR count). The molecule has 2 unspecified atom stereocenters. The Morgan fingerprint density at radius 2 is 1.91 bits per heavy atom. The molecule has 0 aliphatic carbocycles. The van der Waals surface area contributed by atoms with Crippen molar-refractivity contribution in [2.24, 2.45) is 0 Å². The molecule has 1 aromatic rings. The van der Waals surface area contributed by atoms with Crippen molar-refractivity contribution in [2.45, 2.75) is 63.9 Å². The highest BCUT2D eigenvalue weighted by atomic mass is 19.1. The number of piperidine rings is 1. The third-order valence-electron chi connectivity index (χ3n) is 5.76. The SMILES string of the molecule is CN1CCC(OC2CCN(c3ncc(C(O)/C(=C/F)CNC(=O)OC(C)(C)C)cn3)CC2)C1=O. The van der Waals surface area contributed by atoms with E-state index >= 15 is 0 Å². The highest BCUT2D eigenvalue weighted by Gasteiger charge is 2.33. The predicted molar refractivity (Wildman–Crippen MR) is 123 cm³/mol. The third kappa shape index (κ3) is 6.86. The Morgan fingerprint density at radius 3 is 2.44 bits per heavy atom. The minimum Gasteiger partial charge on any atom is -0.444 e. The minimum atomic E-state index is -1.31. The molecule has 11 heteroatoms. The molecular formula is C23H34FN5O5. The van der Waals surface area contributed by atoms with Crippen LogP contribution in [-0.2, 0) is 14.3 Å². The van der Waals surface area contributed by atoms with Gasteiger partial charge in [-0.2, -0.15) is 0 Å². The first kappa shape index (κ1) is 25.8. The van der Waals surface area contributed by atoms with Gasteiger partial charge in [-0.3, -0.25) is 4.79 Å². The Morgan fingerprint density at radius 1 is 1.26 bits per heavy atom. The molecule has 0 spiro atoms. The van der Waals surface area contributed by atoms with Crippen molar-refractivity contribution in [3.8, 4) is 0 Å². The number of alkyl carbamates (subject to hydrolysis) is 1. The number of carbonyl (C=O) groups excluding carboxylic acids is 2. The van der Waals surface area contributed by atoms with Crippen molar-refractivity contribution in [3.63, 3.8) is 0 Å². The summed E-state index contributed by atoms with van der Waals surface area (Å²) in [7, 11) is 1.79. The second-order valence-corrected chi connectivity index (χ2v) is 9.62. The zero-order chi connectivity index (χ0) is 24.9. The van der Waals surface area contributed by atoms with Gasteiger partial charge >= 0.3 is 6.09 Å². The monoisotopic (exact) mass is 479 g/mol. The van der Waals surface area contributed by atoms with Crippen LogP contribution in [-0.4, -0.2) is 83.0 Å². The van der Waals surface area contributed by atoms with Gasteiger partial charge in [-0.15, -0.1) is 0 Å². The quantitative estimate of drug-likeness (QED) is 0.611. The highest BCUT2D eigenvalue weighted by molar-refractivity contribution is 5.82. The Hall–Kier alpha value is -2.79. The standard InChI is InChI=1S/C23H34FN5O5/c1-23(2,3)34-22(32)27-12-15(11-24)19(30)16-13-25-21(26-14-16)29-9-5-17(6-10-29)33-18-7-8-28(4)20(18)31/h11,13-14,17-19,30H,5-10,12H2,1-4H3,(H,27,32)/b15-11+. The molecule has 2 amide bonds. The van der Waals surface area contributed by atoms with E-state index in [9.17, 15) is 19.1 Å². The van der Waals surface area contributed by atoms with Gasteiger partial charge in [0.2, 0.25) is 5.95 Å². The van der Waals surface area contributed by atoms with Crippen molar-refractivity contribution >= 4 is 17.9 Å². The molecule has 2 atom stereocenters. The van der Waals surface area contributed by atoms with E-state index in [-0.39, 0.29) is 36.6 Å². The van der Waals surface area contributed by atoms with Gasteiger partial charge in [-0.05, 0) is 33.6 Å². The lowest BCUT2D eigenvalue weighted by Crippen LogP contribution is -2.40. The molecule has 0 radical (unpaired) electrons. The fourth-order valence-corrected chi connectivity index (χ4v) is 3.87. The van der Waals surface area contributed by atoms with Crippen LogP contribution in [0.4, 0.5) is 15.1 Å². The molecule has 3 heterocycles. The van der Waals surface area contributed by atoms with Crippen LogP contribution < -0.4 is 10.2 Å². The number of hydrogen-bond acceptors (Lipinski definition) is 8. The number of ether oxygens (including phenoxy) is 2. The molecule has 10 nitrogen and oxygen atoms in total. The molecule has 0 bridgehead atoms. The number of likely N-dealkylation sites (tertiary alicyclic amines) is 1. The lowest BCUT2D eigenvalue weighted by molar-refractivity contribution is -0.140. The topological polar surface area (TPSA) is 117 Å². The molecule has 0 aromatic carbocycles. The van der Waals surface area contributed by atoms with Crippen molar-refractivity contribution in [2.75, 3.05) is 38.1 Å². The van der Waals surface area contributed by atoms with Crippen molar-refractivity contribution in [1.82, 2.24) is 20.2 Å². The normalized spacial score (nSPS) is 21.1. The summed E-state index contributed by atoms with van der Waals surface area (Å²) in [5.74, 6) is 0.548. The minimum absolute atomic E-state index is 0.0209. The number of carbonyl (C=O) groups is 2. The fraction of sp³-hybridized carbons (Fsp3) is 0.652. The molecule has 188 valence electrons. The number of anilines is 1. The van der Waals surface area contributed by atoms with Gasteiger partial charge in [0, 0.05) is 63.2 Å². The first-order valence-electron chi connectivity index (χ1n) is 11.5. The van der Waals surface area contributed by atoms with Gasteiger partial charge < -0.3 is 29.7 Å². The van der Waals surface area contributed by atoms with E-state index in [1.807, 2.05) is 4.90 Å². The van der Waals surface area contributed by atoms with E-state index in [0.29, 0.717) is 24.6 Å². The van der Waals surface area contributed by atoms with Gasteiger partial charge in [-0.25, -0.2) is 19.2 Å². The van der Waals surface area contributed by atoms with Gasteiger partial charge in [-0.1, -0.05) is 0 Å². The maximum Gasteiger partial charge on any atom is 0.407 e. The summed E-state index contributed by atoms with van der Waals surface area (Å²) in [6, 6.07) is 0. The number of amides is 2. The Balaban J connectivity index is 1.49. The lowest BCUT2D eigenvalue weighted by Gasteiger charge is -2.33. The maximum absolute atomic E-state index is 13.4. The molecule has 0 saturated carbocycles. The van der Waals surface area contributed by atoms with E-state index in [4.69, 9.17) is 9.47 Å². The summed E-state index contributed by atoms with van der Waals surface area (Å²) in [5.41, 5.74) is -0.426. The van der Waals surface area contributed by atoms with Crippen LogP contribution in [0.25, 0.3) is 0 Å². The van der Waals surface area contributed by atoms with E-state index < -0.39 is 17.8 Å². The maximum atomic E-state index is 13.4. The summed E-state index contributed by atoms with van der Waals surface area (Å²) >= 11 is 0. The van der Waals surface area contributed by atoms with Crippen LogP contribution in [0.1, 0.15) is 51.7 Å². The molecule has 2 aliphatic heterocycles. The Kier molecular flexibility index (Phi) is 8.42. The number of nitrogens with one attached hydrogen (secondary N) is 1. The molecule has 2 N–H and O–H groups in total. The first-order valence-corrected chi connectivity index (χ1v) is 11.5. The summed E-state index contributed by atoms with van der Waals surface area (Å²) < 4.78 is 24.5. The average molecular weight is 480 g/mol. The number of hydrogen-bond donors (Lipinski definition) is 2. The Bertz CT molecular complexity index is 881. The van der Waals surface area contributed by atoms with Crippen LogP contribution in [0.15, 0.2) is 24.3 Å². The summed E-state index contributed by atoms with van der Waals surface area (Å²) in [4.78, 5) is 36.2. The van der Waals surface area contributed by atoms with Crippen LogP contribution in [0.5, 0.6) is 0 Å². The first-order chi connectivity index (χ1) is 16.1. The lowest BCUT2D eigenvalue weighted by atomic mass is 10.1. The van der Waals surface area contributed by atoms with E-state index in [1.165, 1.54) is 12.4 Å². The average Bonchev–Trinajstić information content (AvgIpc) is 3.11.